The van der Waals surface area contributed by atoms with Crippen molar-refractivity contribution in [3.8, 4) is 0 Å². The van der Waals surface area contributed by atoms with Gasteiger partial charge in [-0.3, -0.25) is 4.79 Å². The Bertz CT molecular complexity index is 1050. The van der Waals surface area contributed by atoms with E-state index in [1.165, 1.54) is 24.3 Å². The molecule has 5 atom stereocenters. The number of hydrogen-bond acceptors (Lipinski definition) is 3. The zero-order valence-corrected chi connectivity index (χ0v) is 20.1. The molecule has 1 unspecified atom stereocenters. The van der Waals surface area contributed by atoms with Crippen molar-refractivity contribution in [3.05, 3.63) is 70.8 Å². The van der Waals surface area contributed by atoms with E-state index in [9.17, 15) is 31.9 Å². The molecule has 2 saturated heterocycles. The lowest BCUT2D eigenvalue weighted by atomic mass is 9.70. The molecule has 2 N–H and O–H groups in total. The van der Waals surface area contributed by atoms with E-state index in [1.54, 1.807) is 18.7 Å². The highest BCUT2D eigenvalue weighted by Gasteiger charge is 2.48. The number of carbonyl (C=O) groups excluding carboxylic acids is 1. The minimum Gasteiger partial charge on any atom is -0.384 e. The highest BCUT2D eigenvalue weighted by atomic mass is 35.5. The van der Waals surface area contributed by atoms with Gasteiger partial charge in [-0.05, 0) is 29.3 Å². The molecule has 192 valence electrons. The van der Waals surface area contributed by atoms with Gasteiger partial charge >= 0.3 is 6.18 Å². The fraction of sp³-hybridized carbons (Fsp3) is 0.480. The van der Waals surface area contributed by atoms with Gasteiger partial charge in [0.1, 0.15) is 11.6 Å². The third-order valence-electron chi connectivity index (χ3n) is 7.37. The summed E-state index contributed by atoms with van der Waals surface area (Å²) in [5.74, 6) is -3.46. The van der Waals surface area contributed by atoms with Crippen molar-refractivity contribution >= 4 is 18.3 Å². The number of carbonyl (C=O) groups is 1. The molecule has 0 aliphatic carbocycles. The van der Waals surface area contributed by atoms with Gasteiger partial charge in [-0.1, -0.05) is 32.0 Å². The van der Waals surface area contributed by atoms with Gasteiger partial charge in [0, 0.05) is 50.0 Å². The predicted octanol–water partition coefficient (Wildman–Crippen LogP) is 4.71. The Morgan fingerprint density at radius 2 is 1.63 bits per heavy atom. The minimum atomic E-state index is -4.47. The molecule has 2 aliphatic rings. The summed E-state index contributed by atoms with van der Waals surface area (Å²) in [6.45, 7) is 4.66. The zero-order chi connectivity index (χ0) is 24.8. The van der Waals surface area contributed by atoms with Gasteiger partial charge in [0.25, 0.3) is 0 Å². The van der Waals surface area contributed by atoms with E-state index in [-0.39, 0.29) is 37.0 Å². The maximum Gasteiger partial charge on any atom is 0.416 e. The van der Waals surface area contributed by atoms with Gasteiger partial charge in [-0.15, -0.1) is 12.4 Å². The van der Waals surface area contributed by atoms with Crippen LogP contribution in [0.5, 0.6) is 0 Å². The lowest BCUT2D eigenvalue weighted by molar-refractivity contribution is -0.152. The number of nitrogens with zero attached hydrogens (tertiary/aromatic N) is 1. The lowest BCUT2D eigenvalue weighted by Gasteiger charge is -2.48. The third kappa shape index (κ3) is 5.04. The Balaban J connectivity index is 0.00000342. The van der Waals surface area contributed by atoms with Crippen molar-refractivity contribution in [2.75, 3.05) is 26.2 Å². The van der Waals surface area contributed by atoms with Gasteiger partial charge in [0.2, 0.25) is 5.91 Å². The van der Waals surface area contributed by atoms with E-state index in [2.05, 4.69) is 5.32 Å². The van der Waals surface area contributed by atoms with Gasteiger partial charge in [-0.2, -0.15) is 13.2 Å². The van der Waals surface area contributed by atoms with Crippen LogP contribution in [0.1, 0.15) is 36.5 Å². The molecule has 1 amide bonds. The minimum absolute atomic E-state index is 0. The predicted molar refractivity (Wildman–Crippen MR) is 123 cm³/mol. The first-order valence-electron chi connectivity index (χ1n) is 11.3. The molecule has 0 spiro atoms. The second-order valence-electron chi connectivity index (χ2n) is 9.48. The highest BCUT2D eigenvalue weighted by Crippen LogP contribution is 2.43. The average molecular weight is 519 g/mol. The second-order valence-corrected chi connectivity index (χ2v) is 9.48. The number of rotatable bonds is 3. The van der Waals surface area contributed by atoms with Crippen LogP contribution in [0.2, 0.25) is 0 Å². The molecule has 0 aromatic heterocycles. The quantitative estimate of drug-likeness (QED) is 0.579. The molecule has 0 saturated carbocycles. The molecule has 4 rings (SSSR count). The van der Waals surface area contributed by atoms with Crippen molar-refractivity contribution in [1.82, 2.24) is 10.2 Å². The number of aliphatic hydroxyl groups is 1. The van der Waals surface area contributed by atoms with E-state index < -0.39 is 52.6 Å². The second kappa shape index (κ2) is 10.0. The highest BCUT2D eigenvalue weighted by molar-refractivity contribution is 5.85. The van der Waals surface area contributed by atoms with E-state index in [1.807, 2.05) is 0 Å². The Labute approximate surface area is 206 Å². The molecule has 0 bridgehead atoms. The Hall–Kier alpha value is -2.23. The first-order valence-corrected chi connectivity index (χ1v) is 11.3. The maximum absolute atomic E-state index is 14.4. The van der Waals surface area contributed by atoms with Crippen LogP contribution in [0.25, 0.3) is 0 Å². The molecule has 0 radical (unpaired) electrons. The first-order chi connectivity index (χ1) is 15.9. The number of likely N-dealkylation sites (tertiary alicyclic amines) is 1. The Kier molecular flexibility index (Phi) is 7.84. The number of hydrogen-bond donors (Lipinski definition) is 2. The summed E-state index contributed by atoms with van der Waals surface area (Å²) in [4.78, 5) is 15.1. The number of alkyl halides is 3. The topological polar surface area (TPSA) is 52.6 Å². The number of piperidine rings is 1. The van der Waals surface area contributed by atoms with Crippen LogP contribution in [0, 0.1) is 29.4 Å². The molecule has 35 heavy (non-hydrogen) atoms. The van der Waals surface area contributed by atoms with Crippen LogP contribution in [0.3, 0.4) is 0 Å². The Morgan fingerprint density at radius 3 is 2.17 bits per heavy atom. The molecule has 2 heterocycles. The summed E-state index contributed by atoms with van der Waals surface area (Å²) in [6, 6.07) is 7.85. The fourth-order valence-electron chi connectivity index (χ4n) is 5.48. The van der Waals surface area contributed by atoms with Gasteiger partial charge in [0.05, 0.1) is 17.1 Å². The molecule has 2 fully saturated rings. The number of nitrogens with one attached hydrogen (secondary N) is 1. The Morgan fingerprint density at radius 1 is 1.03 bits per heavy atom. The van der Waals surface area contributed by atoms with Crippen LogP contribution >= 0.6 is 12.4 Å². The zero-order valence-electron chi connectivity index (χ0n) is 19.3. The maximum atomic E-state index is 14.4. The molecular weight excluding hydrogens is 491 g/mol. The first kappa shape index (κ1) is 27.4. The lowest BCUT2D eigenvalue weighted by Crippen LogP contribution is -2.57. The molecule has 2 aliphatic heterocycles. The monoisotopic (exact) mass is 518 g/mol. The summed E-state index contributed by atoms with van der Waals surface area (Å²) < 4.78 is 66.6. The van der Waals surface area contributed by atoms with Crippen LogP contribution in [0.15, 0.2) is 42.5 Å². The summed E-state index contributed by atoms with van der Waals surface area (Å²) in [5.41, 5.74) is -1.54. The number of amides is 1. The van der Waals surface area contributed by atoms with Crippen molar-refractivity contribution in [2.24, 2.45) is 17.8 Å². The molecular formula is C25H28ClF5N2O2. The molecule has 10 heteroatoms. The van der Waals surface area contributed by atoms with Crippen molar-refractivity contribution in [1.29, 1.82) is 0 Å². The van der Waals surface area contributed by atoms with Crippen molar-refractivity contribution in [2.45, 2.75) is 31.5 Å². The van der Waals surface area contributed by atoms with E-state index in [4.69, 9.17) is 0 Å². The largest absolute Gasteiger partial charge is 0.416 e. The standard InChI is InChI=1S/C25H27F5N2O2.ClH/c1-14-12-32(13-15(2)24(14,34)16-3-5-17(6-4-16)25(28,29)30)23(33)21-11-31-10-20(21)19-8-7-18(26)9-22(19)27;/h3-9,14-15,20-21,31,34H,10-13H2,1-2H3;1H/t14-,15+,20-,21+,24?;/m0./s1. The summed E-state index contributed by atoms with van der Waals surface area (Å²) in [7, 11) is 0. The molecule has 2 aromatic carbocycles. The number of halogens is 6. The fourth-order valence-corrected chi connectivity index (χ4v) is 5.48. The summed E-state index contributed by atoms with van der Waals surface area (Å²) >= 11 is 0. The normalized spacial score (nSPS) is 29.1. The van der Waals surface area contributed by atoms with E-state index in [0.717, 1.165) is 18.2 Å². The molecule has 2 aromatic rings. The summed E-state index contributed by atoms with van der Waals surface area (Å²) in [5, 5.41) is 14.6. The smallest absolute Gasteiger partial charge is 0.384 e. The van der Waals surface area contributed by atoms with E-state index in [0.29, 0.717) is 18.7 Å². The van der Waals surface area contributed by atoms with Crippen LogP contribution in [0.4, 0.5) is 22.0 Å². The van der Waals surface area contributed by atoms with Crippen molar-refractivity contribution < 1.29 is 31.9 Å². The van der Waals surface area contributed by atoms with E-state index >= 15 is 0 Å². The van der Waals surface area contributed by atoms with Gasteiger partial charge in [-0.25, -0.2) is 8.78 Å². The van der Waals surface area contributed by atoms with Crippen LogP contribution in [-0.2, 0) is 16.6 Å². The van der Waals surface area contributed by atoms with Crippen LogP contribution < -0.4 is 5.32 Å². The average Bonchev–Trinajstić information content (AvgIpc) is 3.25. The third-order valence-corrected chi connectivity index (χ3v) is 7.37. The van der Waals surface area contributed by atoms with Gasteiger partial charge < -0.3 is 15.3 Å². The van der Waals surface area contributed by atoms with Crippen molar-refractivity contribution in [3.63, 3.8) is 0 Å². The number of benzene rings is 2. The van der Waals surface area contributed by atoms with Crippen LogP contribution in [-0.4, -0.2) is 42.1 Å². The molecule has 4 nitrogen and oxygen atoms in total. The SMILES string of the molecule is C[C@@H]1CN(C(=O)[C@@H]2CNC[C@H]2c2ccc(F)cc2F)C[C@H](C)C1(O)c1ccc(C(F)(F)F)cc1.Cl. The summed E-state index contributed by atoms with van der Waals surface area (Å²) in [6.07, 6.45) is -4.47. The van der Waals surface area contributed by atoms with Gasteiger partial charge in [0.15, 0.2) is 0 Å².